The molecule has 0 atom stereocenters. The Labute approximate surface area is 152 Å². The molecule has 3 aromatic rings. The molecule has 0 spiro atoms. The molecular weight excluding hydrogens is 361 g/mol. The Balaban J connectivity index is 2.07. The highest BCUT2D eigenvalue weighted by Crippen LogP contribution is 2.32. The summed E-state index contributed by atoms with van der Waals surface area (Å²) in [6.07, 6.45) is -5.16. The molecule has 5 nitrogen and oxygen atoms in total. The van der Waals surface area contributed by atoms with Crippen LogP contribution in [0.15, 0.2) is 59.4 Å². The van der Waals surface area contributed by atoms with Gasteiger partial charge in [0.05, 0.1) is 12.7 Å². The number of carbonyl (C=O) groups is 1. The molecule has 0 unspecified atom stereocenters. The standard InChI is InChI=1S/C19H15F3N2O3/c1-27-14-9-7-12(8-10-14)11-15-16(19(20,21)22)24(23-17(15)25)18(26)13-5-3-2-4-6-13/h2-10H,11H2,1H3,(H,23,25). The second-order valence-electron chi connectivity index (χ2n) is 5.80. The number of alkyl halides is 3. The Bertz CT molecular complexity index is 1000. The third-order valence-electron chi connectivity index (χ3n) is 4.03. The molecule has 0 aliphatic rings. The summed E-state index contributed by atoms with van der Waals surface area (Å²) in [6.45, 7) is 0. The van der Waals surface area contributed by atoms with E-state index < -0.39 is 28.9 Å². The predicted molar refractivity (Wildman–Crippen MR) is 92.0 cm³/mol. The van der Waals surface area contributed by atoms with Gasteiger partial charge in [0.1, 0.15) is 5.75 Å². The number of hydrogen-bond donors (Lipinski definition) is 1. The monoisotopic (exact) mass is 376 g/mol. The molecule has 0 aliphatic heterocycles. The van der Waals surface area contributed by atoms with E-state index in [1.807, 2.05) is 5.10 Å². The third-order valence-corrected chi connectivity index (χ3v) is 4.03. The van der Waals surface area contributed by atoms with Gasteiger partial charge in [-0.25, -0.2) is 4.68 Å². The second-order valence-corrected chi connectivity index (χ2v) is 5.80. The zero-order chi connectivity index (χ0) is 19.6. The Morgan fingerprint density at radius 2 is 1.70 bits per heavy atom. The molecule has 0 saturated heterocycles. The van der Waals surface area contributed by atoms with Gasteiger partial charge in [-0.3, -0.25) is 14.7 Å². The van der Waals surface area contributed by atoms with Crippen LogP contribution in [0.25, 0.3) is 0 Å². The van der Waals surface area contributed by atoms with Gasteiger partial charge in [-0.1, -0.05) is 30.3 Å². The van der Waals surface area contributed by atoms with Gasteiger partial charge in [0.2, 0.25) is 0 Å². The first-order valence-corrected chi connectivity index (χ1v) is 7.95. The first-order valence-electron chi connectivity index (χ1n) is 7.95. The highest BCUT2D eigenvalue weighted by atomic mass is 19.4. The van der Waals surface area contributed by atoms with Gasteiger partial charge in [-0.05, 0) is 29.8 Å². The molecule has 0 amide bonds. The van der Waals surface area contributed by atoms with Crippen molar-refractivity contribution in [3.8, 4) is 5.75 Å². The molecule has 0 saturated carbocycles. The zero-order valence-corrected chi connectivity index (χ0v) is 14.2. The molecule has 0 radical (unpaired) electrons. The fourth-order valence-corrected chi connectivity index (χ4v) is 2.74. The lowest BCUT2D eigenvalue weighted by atomic mass is 10.0. The van der Waals surface area contributed by atoms with E-state index in [-0.39, 0.29) is 16.7 Å². The SMILES string of the molecule is COc1ccc(Cc2c(C(F)(F)F)n(C(=O)c3ccccc3)[nH]c2=O)cc1. The summed E-state index contributed by atoms with van der Waals surface area (Å²) < 4.78 is 46.3. The maximum Gasteiger partial charge on any atom is 0.433 e. The summed E-state index contributed by atoms with van der Waals surface area (Å²) in [7, 11) is 1.47. The molecule has 1 aromatic heterocycles. The van der Waals surface area contributed by atoms with Crippen molar-refractivity contribution >= 4 is 5.91 Å². The minimum atomic E-state index is -4.88. The van der Waals surface area contributed by atoms with Gasteiger partial charge >= 0.3 is 6.18 Å². The third kappa shape index (κ3) is 3.79. The van der Waals surface area contributed by atoms with Crippen LogP contribution in [0.2, 0.25) is 0 Å². The van der Waals surface area contributed by atoms with Gasteiger partial charge in [0.15, 0.2) is 5.69 Å². The summed E-state index contributed by atoms with van der Waals surface area (Å²) >= 11 is 0. The molecular formula is C19H15F3N2O3. The van der Waals surface area contributed by atoms with Crippen molar-refractivity contribution in [1.29, 1.82) is 0 Å². The number of H-pyrrole nitrogens is 1. The summed E-state index contributed by atoms with van der Waals surface area (Å²) in [5.74, 6) is -0.415. The van der Waals surface area contributed by atoms with Crippen LogP contribution in [-0.4, -0.2) is 22.8 Å². The fraction of sp³-hybridized carbons (Fsp3) is 0.158. The lowest BCUT2D eigenvalue weighted by molar-refractivity contribution is -0.143. The number of nitrogens with zero attached hydrogens (tertiary/aromatic N) is 1. The molecule has 0 fully saturated rings. The lowest BCUT2D eigenvalue weighted by Crippen LogP contribution is -2.23. The maximum absolute atomic E-state index is 13.7. The van der Waals surface area contributed by atoms with Crippen LogP contribution < -0.4 is 10.3 Å². The number of rotatable bonds is 4. The van der Waals surface area contributed by atoms with Crippen LogP contribution >= 0.6 is 0 Å². The lowest BCUT2D eigenvalue weighted by Gasteiger charge is -2.12. The van der Waals surface area contributed by atoms with Gasteiger partial charge in [-0.2, -0.15) is 13.2 Å². The molecule has 3 rings (SSSR count). The fourth-order valence-electron chi connectivity index (χ4n) is 2.74. The smallest absolute Gasteiger partial charge is 0.433 e. The molecule has 1 N–H and O–H groups in total. The summed E-state index contributed by atoms with van der Waals surface area (Å²) in [6, 6.07) is 13.7. The number of aromatic nitrogens is 2. The van der Waals surface area contributed by atoms with Crippen molar-refractivity contribution in [2.75, 3.05) is 7.11 Å². The van der Waals surface area contributed by atoms with E-state index in [2.05, 4.69) is 0 Å². The highest BCUT2D eigenvalue weighted by Gasteiger charge is 2.41. The topological polar surface area (TPSA) is 64.1 Å². The van der Waals surface area contributed by atoms with Crippen LogP contribution in [0, 0.1) is 0 Å². The normalized spacial score (nSPS) is 11.4. The largest absolute Gasteiger partial charge is 0.497 e. The Morgan fingerprint density at radius 3 is 2.26 bits per heavy atom. The molecule has 2 aromatic carbocycles. The van der Waals surface area contributed by atoms with Gasteiger partial charge in [-0.15, -0.1) is 0 Å². The predicted octanol–water partition coefficient (Wildman–Crippen LogP) is 3.48. The minimum absolute atomic E-state index is 0.0326. The maximum atomic E-state index is 13.7. The number of methoxy groups -OCH3 is 1. The first kappa shape index (κ1) is 18.5. The molecule has 8 heteroatoms. The number of halogens is 3. The van der Waals surface area contributed by atoms with Crippen molar-refractivity contribution in [2.24, 2.45) is 0 Å². The Kier molecular flexibility index (Phi) is 4.89. The summed E-state index contributed by atoms with van der Waals surface area (Å²) in [4.78, 5) is 24.7. The van der Waals surface area contributed by atoms with Crippen LogP contribution in [0.3, 0.4) is 0 Å². The molecule has 27 heavy (non-hydrogen) atoms. The minimum Gasteiger partial charge on any atom is -0.497 e. The number of ether oxygens (including phenoxy) is 1. The average Bonchev–Trinajstić information content (AvgIpc) is 2.99. The van der Waals surface area contributed by atoms with Gasteiger partial charge < -0.3 is 4.74 Å². The van der Waals surface area contributed by atoms with Crippen LogP contribution in [0.1, 0.15) is 27.2 Å². The summed E-state index contributed by atoms with van der Waals surface area (Å²) in [5.41, 5.74) is -2.25. The summed E-state index contributed by atoms with van der Waals surface area (Å²) in [5, 5.41) is 2.03. The highest BCUT2D eigenvalue weighted by molar-refractivity contribution is 5.95. The van der Waals surface area contributed by atoms with E-state index in [0.717, 1.165) is 0 Å². The van der Waals surface area contributed by atoms with Crippen molar-refractivity contribution in [1.82, 2.24) is 9.78 Å². The molecule has 0 bridgehead atoms. The Morgan fingerprint density at radius 1 is 1.07 bits per heavy atom. The Hall–Kier alpha value is -3.29. The molecule has 0 aliphatic carbocycles. The van der Waals surface area contributed by atoms with Crippen LogP contribution in [0.5, 0.6) is 5.75 Å². The van der Waals surface area contributed by atoms with Crippen LogP contribution in [-0.2, 0) is 12.6 Å². The van der Waals surface area contributed by atoms with Crippen molar-refractivity contribution in [3.05, 3.63) is 87.3 Å². The zero-order valence-electron chi connectivity index (χ0n) is 14.2. The number of benzene rings is 2. The number of nitrogens with one attached hydrogen (secondary N) is 1. The van der Waals surface area contributed by atoms with Crippen LogP contribution in [0.4, 0.5) is 13.2 Å². The van der Waals surface area contributed by atoms with E-state index in [0.29, 0.717) is 11.3 Å². The van der Waals surface area contributed by atoms with E-state index in [1.54, 1.807) is 30.3 Å². The van der Waals surface area contributed by atoms with E-state index in [1.165, 1.54) is 31.4 Å². The first-order chi connectivity index (χ1) is 12.8. The quantitative estimate of drug-likeness (QED) is 0.758. The van der Waals surface area contributed by atoms with E-state index in [4.69, 9.17) is 4.74 Å². The van der Waals surface area contributed by atoms with E-state index in [9.17, 15) is 22.8 Å². The van der Waals surface area contributed by atoms with Gasteiger partial charge in [0, 0.05) is 12.0 Å². The van der Waals surface area contributed by atoms with Crippen molar-refractivity contribution < 1.29 is 22.7 Å². The number of aromatic amines is 1. The second kappa shape index (κ2) is 7.14. The van der Waals surface area contributed by atoms with Crippen molar-refractivity contribution in [3.63, 3.8) is 0 Å². The average molecular weight is 376 g/mol. The molecule has 1 heterocycles. The van der Waals surface area contributed by atoms with E-state index >= 15 is 0 Å². The van der Waals surface area contributed by atoms with Crippen molar-refractivity contribution in [2.45, 2.75) is 12.6 Å². The van der Waals surface area contributed by atoms with Gasteiger partial charge in [0.25, 0.3) is 11.5 Å². The molecule has 140 valence electrons. The number of carbonyl (C=O) groups excluding carboxylic acids is 1. The number of hydrogen-bond acceptors (Lipinski definition) is 3.